The number of nitrogens with zero attached hydrogens (tertiary/aromatic N) is 3. The van der Waals surface area contributed by atoms with Crippen molar-refractivity contribution in [2.24, 2.45) is 0 Å². The number of hydrogen-bond acceptors (Lipinski definition) is 5. The lowest BCUT2D eigenvalue weighted by Crippen LogP contribution is -2.26. The second-order valence-corrected chi connectivity index (χ2v) is 6.55. The molecule has 0 radical (unpaired) electrons. The predicted molar refractivity (Wildman–Crippen MR) is 100 cm³/mol. The summed E-state index contributed by atoms with van der Waals surface area (Å²) in [6, 6.07) is 7.41. The number of hydrogen-bond donors (Lipinski definition) is 3. The van der Waals surface area contributed by atoms with E-state index >= 15 is 0 Å². The number of aromatic nitrogens is 4. The molecule has 12 heteroatoms. The molecular weight excluding hydrogens is 459 g/mol. The summed E-state index contributed by atoms with van der Waals surface area (Å²) in [5.74, 6) is -2.05. The zero-order valence-electron chi connectivity index (χ0n) is 14.7. The molecule has 0 fully saturated rings. The number of carboxylic acid groups (broad SMARTS) is 1. The lowest BCUT2D eigenvalue weighted by molar-refractivity contribution is -0.192. The van der Waals surface area contributed by atoms with Crippen molar-refractivity contribution in [3.8, 4) is 0 Å². The Labute approximate surface area is 170 Å². The van der Waals surface area contributed by atoms with Crippen LogP contribution in [0, 0.1) is 0 Å². The Hall–Kier alpha value is -3.02. The minimum absolute atomic E-state index is 0.214. The van der Waals surface area contributed by atoms with E-state index in [0.717, 1.165) is 34.0 Å². The van der Waals surface area contributed by atoms with Crippen LogP contribution in [0.2, 0.25) is 0 Å². The Morgan fingerprint density at radius 2 is 1.93 bits per heavy atom. The van der Waals surface area contributed by atoms with Gasteiger partial charge in [-0.1, -0.05) is 15.9 Å². The van der Waals surface area contributed by atoms with E-state index in [9.17, 15) is 18.0 Å². The average molecular weight is 474 g/mol. The molecule has 0 atom stereocenters. The summed E-state index contributed by atoms with van der Waals surface area (Å²) in [6.45, 7) is 0.567. The van der Waals surface area contributed by atoms with Gasteiger partial charge in [-0.25, -0.2) is 9.78 Å². The Morgan fingerprint density at radius 1 is 1.21 bits per heavy atom. The average Bonchev–Trinajstić information content (AvgIpc) is 3.17. The van der Waals surface area contributed by atoms with Crippen LogP contribution in [0.25, 0.3) is 10.9 Å². The molecule has 0 bridgehead atoms. The summed E-state index contributed by atoms with van der Waals surface area (Å²) in [5, 5.41) is 18.9. The fourth-order valence-corrected chi connectivity index (χ4v) is 2.49. The zero-order chi connectivity index (χ0) is 21.4. The summed E-state index contributed by atoms with van der Waals surface area (Å²) in [5.41, 5.74) is 1.08. The number of benzene rings is 1. The van der Waals surface area contributed by atoms with Crippen molar-refractivity contribution in [1.29, 1.82) is 0 Å². The van der Waals surface area contributed by atoms with E-state index in [1.807, 2.05) is 18.2 Å². The quantitative estimate of drug-likeness (QED) is 0.489. The molecule has 0 aliphatic heterocycles. The van der Waals surface area contributed by atoms with Crippen molar-refractivity contribution in [2.45, 2.75) is 19.0 Å². The molecule has 3 N–H and O–H groups in total. The third-order valence-electron chi connectivity index (χ3n) is 3.45. The normalized spacial score (nSPS) is 10.9. The standard InChI is InChI=1S/C15H14BrN5O.C2HF3O2/c16-11-3-4-12-10(8-11)9-13(21-20-12)15(22)19-5-1-2-14-17-6-7-18-14;3-2(4,5)1(6)7/h3-4,6-9H,1-2,5H2,(H,17,18)(H,19,22);(H,6,7). The molecule has 0 saturated heterocycles. The van der Waals surface area contributed by atoms with E-state index in [0.29, 0.717) is 12.2 Å². The van der Waals surface area contributed by atoms with Crippen molar-refractivity contribution in [3.63, 3.8) is 0 Å². The third-order valence-corrected chi connectivity index (χ3v) is 3.95. The smallest absolute Gasteiger partial charge is 0.475 e. The maximum absolute atomic E-state index is 12.1. The maximum Gasteiger partial charge on any atom is 0.490 e. The number of rotatable bonds is 5. The van der Waals surface area contributed by atoms with Crippen LogP contribution in [0.4, 0.5) is 13.2 Å². The summed E-state index contributed by atoms with van der Waals surface area (Å²) >= 11 is 3.41. The van der Waals surface area contributed by atoms with Crippen LogP contribution in [-0.4, -0.2) is 49.9 Å². The van der Waals surface area contributed by atoms with Crippen LogP contribution in [0.3, 0.4) is 0 Å². The molecule has 0 unspecified atom stereocenters. The summed E-state index contributed by atoms with van der Waals surface area (Å²) in [4.78, 5) is 28.2. The van der Waals surface area contributed by atoms with E-state index in [1.54, 1.807) is 18.5 Å². The van der Waals surface area contributed by atoms with Gasteiger partial charge in [0.2, 0.25) is 0 Å². The number of imidazole rings is 1. The predicted octanol–water partition coefficient (Wildman–Crippen LogP) is 3.11. The Bertz CT molecular complexity index is 980. The molecule has 0 aliphatic rings. The molecule has 1 amide bonds. The van der Waals surface area contributed by atoms with Crippen LogP contribution >= 0.6 is 15.9 Å². The highest BCUT2D eigenvalue weighted by atomic mass is 79.9. The van der Waals surface area contributed by atoms with Crippen molar-refractivity contribution in [3.05, 3.63) is 52.7 Å². The number of nitrogens with one attached hydrogen (secondary N) is 2. The number of H-pyrrole nitrogens is 1. The summed E-state index contributed by atoms with van der Waals surface area (Å²) < 4.78 is 32.7. The second-order valence-electron chi connectivity index (χ2n) is 5.63. The van der Waals surface area contributed by atoms with Gasteiger partial charge in [0, 0.05) is 35.2 Å². The monoisotopic (exact) mass is 473 g/mol. The second kappa shape index (κ2) is 9.96. The third kappa shape index (κ3) is 7.14. The fourth-order valence-electron chi connectivity index (χ4n) is 2.11. The van der Waals surface area contributed by atoms with Crippen LogP contribution in [0.15, 0.2) is 41.1 Å². The molecule has 0 saturated carbocycles. The SMILES string of the molecule is O=C(NCCCc1ncc[nH]1)c1cc2cc(Br)ccc2nn1.O=C(O)C(F)(F)F. The molecule has 29 heavy (non-hydrogen) atoms. The topological polar surface area (TPSA) is 121 Å². The van der Waals surface area contributed by atoms with Gasteiger partial charge in [-0.2, -0.15) is 13.2 Å². The molecule has 0 spiro atoms. The molecule has 2 aromatic heterocycles. The van der Waals surface area contributed by atoms with Gasteiger partial charge in [0.15, 0.2) is 5.69 Å². The van der Waals surface area contributed by atoms with E-state index in [4.69, 9.17) is 9.90 Å². The van der Waals surface area contributed by atoms with E-state index in [-0.39, 0.29) is 5.91 Å². The maximum atomic E-state index is 12.1. The summed E-state index contributed by atoms with van der Waals surface area (Å²) in [7, 11) is 0. The molecule has 1 aromatic carbocycles. The van der Waals surface area contributed by atoms with Crippen molar-refractivity contribution in [2.75, 3.05) is 6.54 Å². The largest absolute Gasteiger partial charge is 0.490 e. The van der Waals surface area contributed by atoms with Gasteiger partial charge in [-0.15, -0.1) is 10.2 Å². The number of halogens is 4. The molecule has 3 rings (SSSR count). The number of carbonyl (C=O) groups excluding carboxylic acids is 1. The first kappa shape index (κ1) is 22.3. The fraction of sp³-hybridized carbons (Fsp3) is 0.235. The summed E-state index contributed by atoms with van der Waals surface area (Å²) in [6.07, 6.45) is 0.0306. The number of aryl methyl sites for hydroxylation is 1. The number of amides is 1. The molecule has 3 aromatic rings. The van der Waals surface area contributed by atoms with Gasteiger partial charge in [0.25, 0.3) is 5.91 Å². The molecule has 0 aliphatic carbocycles. The number of carbonyl (C=O) groups is 2. The van der Waals surface area contributed by atoms with Gasteiger partial charge in [-0.05, 0) is 30.7 Å². The number of aliphatic carboxylic acids is 1. The number of aromatic amines is 1. The van der Waals surface area contributed by atoms with Gasteiger partial charge in [0.1, 0.15) is 5.82 Å². The van der Waals surface area contributed by atoms with Gasteiger partial charge in [-0.3, -0.25) is 4.79 Å². The zero-order valence-corrected chi connectivity index (χ0v) is 16.3. The van der Waals surface area contributed by atoms with Crippen LogP contribution in [0.1, 0.15) is 22.7 Å². The Morgan fingerprint density at radius 3 is 2.55 bits per heavy atom. The molecular formula is C17H15BrF3N5O3. The lowest BCUT2D eigenvalue weighted by atomic mass is 10.2. The minimum atomic E-state index is -5.08. The number of alkyl halides is 3. The number of carboxylic acids is 1. The van der Waals surface area contributed by atoms with Crippen molar-refractivity contribution < 1.29 is 27.9 Å². The highest BCUT2D eigenvalue weighted by Gasteiger charge is 2.38. The highest BCUT2D eigenvalue weighted by molar-refractivity contribution is 9.10. The van der Waals surface area contributed by atoms with Crippen molar-refractivity contribution >= 4 is 38.7 Å². The van der Waals surface area contributed by atoms with Crippen LogP contribution in [-0.2, 0) is 11.2 Å². The van der Waals surface area contributed by atoms with E-state index in [1.165, 1.54) is 0 Å². The number of fused-ring (bicyclic) bond motifs is 1. The Kier molecular flexibility index (Phi) is 7.65. The molecule has 2 heterocycles. The minimum Gasteiger partial charge on any atom is -0.475 e. The lowest BCUT2D eigenvalue weighted by Gasteiger charge is -2.04. The van der Waals surface area contributed by atoms with E-state index < -0.39 is 12.1 Å². The van der Waals surface area contributed by atoms with Gasteiger partial charge >= 0.3 is 12.1 Å². The van der Waals surface area contributed by atoms with Crippen LogP contribution < -0.4 is 5.32 Å². The van der Waals surface area contributed by atoms with Gasteiger partial charge in [0.05, 0.1) is 5.52 Å². The van der Waals surface area contributed by atoms with E-state index in [2.05, 4.69) is 41.4 Å². The first-order valence-corrected chi connectivity index (χ1v) is 8.95. The molecule has 154 valence electrons. The van der Waals surface area contributed by atoms with Gasteiger partial charge < -0.3 is 15.4 Å². The van der Waals surface area contributed by atoms with Crippen LogP contribution in [0.5, 0.6) is 0 Å². The first-order chi connectivity index (χ1) is 13.7. The Balaban J connectivity index is 0.000000370. The first-order valence-electron chi connectivity index (χ1n) is 8.16. The van der Waals surface area contributed by atoms with Crippen molar-refractivity contribution in [1.82, 2.24) is 25.5 Å². The highest BCUT2D eigenvalue weighted by Crippen LogP contribution is 2.18. The molecule has 8 nitrogen and oxygen atoms in total.